The van der Waals surface area contributed by atoms with Crippen molar-refractivity contribution in [2.75, 3.05) is 39.6 Å². The van der Waals surface area contributed by atoms with E-state index in [2.05, 4.69) is 21.3 Å². The third-order valence-corrected chi connectivity index (χ3v) is 9.45. The Bertz CT molecular complexity index is 1670. The van der Waals surface area contributed by atoms with Crippen molar-refractivity contribution < 1.29 is 76.4 Å². The molecular weight excluding hydrogens is 915 g/mol. The Kier molecular flexibility index (Phi) is 33.0. The number of carbonyl (C=O) groups excluding carboxylic acids is 10. The Labute approximate surface area is 414 Å². The molecule has 0 aliphatic heterocycles. The molecular formula is C49H85N5O16. The molecule has 0 bridgehead atoms. The Balaban J connectivity index is 6.02. The minimum atomic E-state index is -1.36. The lowest BCUT2D eigenvalue weighted by molar-refractivity contribution is -0.151. The van der Waals surface area contributed by atoms with Crippen LogP contribution in [0.1, 0.15) is 147 Å². The van der Waals surface area contributed by atoms with E-state index < -0.39 is 96.1 Å². The number of carbonyl (C=O) groups is 10. The molecule has 0 radical (unpaired) electrons. The van der Waals surface area contributed by atoms with E-state index in [0.29, 0.717) is 0 Å². The van der Waals surface area contributed by atoms with Crippen LogP contribution in [0, 0.1) is 35.5 Å². The largest absolute Gasteiger partial charge is 0.465 e. The van der Waals surface area contributed by atoms with Gasteiger partial charge in [0, 0.05) is 32.1 Å². The quantitative estimate of drug-likeness (QED) is 0.0444. The van der Waals surface area contributed by atoms with Crippen LogP contribution in [-0.4, -0.2) is 129 Å². The first kappa shape index (κ1) is 64.7. The third kappa shape index (κ3) is 32.5. The zero-order valence-corrected chi connectivity index (χ0v) is 43.8. The second-order valence-corrected chi connectivity index (χ2v) is 20.0. The normalized spacial score (nSPS) is 13.5. The summed E-state index contributed by atoms with van der Waals surface area (Å²) in [6, 6.07) is -6.26. The zero-order valence-electron chi connectivity index (χ0n) is 43.8. The Hall–Kier alpha value is -5.34. The van der Waals surface area contributed by atoms with Crippen molar-refractivity contribution in [2.45, 2.75) is 178 Å². The van der Waals surface area contributed by atoms with Gasteiger partial charge in [-0.2, -0.15) is 0 Å². The highest BCUT2D eigenvalue weighted by molar-refractivity contribution is 5.89. The van der Waals surface area contributed by atoms with E-state index in [0.717, 1.165) is 0 Å². The van der Waals surface area contributed by atoms with Crippen LogP contribution in [0.15, 0.2) is 0 Å². The molecule has 70 heavy (non-hydrogen) atoms. The number of hydrogen-bond donors (Lipinski definition) is 5. The fourth-order valence-electron chi connectivity index (χ4n) is 5.64. The summed E-state index contributed by atoms with van der Waals surface area (Å²) in [4.78, 5) is 130. The van der Waals surface area contributed by atoms with E-state index in [-0.39, 0.29) is 133 Å². The monoisotopic (exact) mass is 1000 g/mol. The number of esters is 6. The van der Waals surface area contributed by atoms with E-state index in [1.807, 2.05) is 55.4 Å². The number of rotatable bonds is 36. The summed E-state index contributed by atoms with van der Waals surface area (Å²) in [6.45, 7) is 22.4. The van der Waals surface area contributed by atoms with Crippen molar-refractivity contribution in [3.63, 3.8) is 0 Å². The standard InChI is InChI=1S/C49H85N5O16/c1-29(2)23-65-44(59)22-17-39(49(64)70-28-34(11)12)54-43(58)21-16-38(48(63)69-27-33(9)10)53-42(57)20-15-37(47(62)68-26-32(7)8)52-41(56)19-14-36(46(61)67-25-31(5)6)51-40(55)18-13-35(50)45(60)66-24-30(3)4/h29-39H,13-28,50H2,1-12H3,(H,51,55)(H,52,56)(H,53,57)(H,54,58)/t35-,36-,37-,38-,39-/m0/s1. The van der Waals surface area contributed by atoms with E-state index in [1.54, 1.807) is 27.7 Å². The van der Waals surface area contributed by atoms with Crippen molar-refractivity contribution in [1.82, 2.24) is 21.3 Å². The third-order valence-electron chi connectivity index (χ3n) is 9.45. The van der Waals surface area contributed by atoms with Gasteiger partial charge in [0.2, 0.25) is 23.6 Å². The molecule has 5 atom stereocenters. The molecule has 21 nitrogen and oxygen atoms in total. The Morgan fingerprint density at radius 1 is 0.314 bits per heavy atom. The zero-order chi connectivity index (χ0) is 53.5. The molecule has 0 heterocycles. The summed E-state index contributed by atoms with van der Waals surface area (Å²) in [5.41, 5.74) is 5.90. The maximum atomic E-state index is 13.4. The van der Waals surface area contributed by atoms with Gasteiger partial charge in [-0.15, -0.1) is 0 Å². The van der Waals surface area contributed by atoms with Crippen LogP contribution in [-0.2, 0) is 76.4 Å². The van der Waals surface area contributed by atoms with Gasteiger partial charge in [-0.3, -0.25) is 28.8 Å². The van der Waals surface area contributed by atoms with Gasteiger partial charge in [-0.05, 0) is 67.6 Å². The number of ether oxygens (including phenoxy) is 6. The highest BCUT2D eigenvalue weighted by atomic mass is 16.6. The SMILES string of the molecule is CC(C)COC(=O)CC[C@H](NC(=O)CC[C@H](NC(=O)CC[C@H](NC(=O)CC[C@H](NC(=O)CC[C@H](N)C(=O)OCC(C)C)C(=O)OCC(C)C)C(=O)OCC(C)C)C(=O)OCC(C)C)C(=O)OCC(C)C. The molecule has 0 aliphatic carbocycles. The molecule has 0 aromatic carbocycles. The van der Waals surface area contributed by atoms with Crippen molar-refractivity contribution in [3.8, 4) is 0 Å². The number of nitrogens with two attached hydrogens (primary N) is 1. The van der Waals surface area contributed by atoms with Gasteiger partial charge < -0.3 is 55.4 Å². The summed E-state index contributed by atoms with van der Waals surface area (Å²) in [5, 5.41) is 10.2. The summed E-state index contributed by atoms with van der Waals surface area (Å²) >= 11 is 0. The molecule has 0 fully saturated rings. The lowest BCUT2D eigenvalue weighted by Crippen LogP contribution is -2.47. The summed E-state index contributed by atoms with van der Waals surface area (Å²) in [5.74, 6) is -7.23. The fourth-order valence-corrected chi connectivity index (χ4v) is 5.64. The highest BCUT2D eigenvalue weighted by Gasteiger charge is 2.30. The van der Waals surface area contributed by atoms with Crippen molar-refractivity contribution in [3.05, 3.63) is 0 Å². The molecule has 6 N–H and O–H groups in total. The number of nitrogens with one attached hydrogen (secondary N) is 4. The molecule has 0 aromatic rings. The molecule has 4 amide bonds. The first-order valence-corrected chi connectivity index (χ1v) is 24.6. The predicted octanol–water partition coefficient (Wildman–Crippen LogP) is 3.35. The van der Waals surface area contributed by atoms with E-state index in [4.69, 9.17) is 34.2 Å². The molecule has 402 valence electrons. The number of amides is 4. The first-order valence-electron chi connectivity index (χ1n) is 24.6. The lowest BCUT2D eigenvalue weighted by atomic mass is 10.1. The van der Waals surface area contributed by atoms with Gasteiger partial charge in [0.15, 0.2) is 0 Å². The lowest BCUT2D eigenvalue weighted by Gasteiger charge is -2.22. The average molecular weight is 1000 g/mol. The van der Waals surface area contributed by atoms with Crippen LogP contribution >= 0.6 is 0 Å². The molecule has 0 aliphatic rings. The van der Waals surface area contributed by atoms with Crippen molar-refractivity contribution in [2.24, 2.45) is 41.2 Å². The summed E-state index contributed by atoms with van der Waals surface area (Å²) in [6.07, 6.45) is -2.54. The van der Waals surface area contributed by atoms with Crippen LogP contribution in [0.5, 0.6) is 0 Å². The Morgan fingerprint density at radius 3 is 0.786 bits per heavy atom. The topological polar surface area (TPSA) is 300 Å². The van der Waals surface area contributed by atoms with Gasteiger partial charge >= 0.3 is 35.8 Å². The highest BCUT2D eigenvalue weighted by Crippen LogP contribution is 2.12. The van der Waals surface area contributed by atoms with Crippen LogP contribution in [0.4, 0.5) is 0 Å². The molecule has 0 saturated heterocycles. The number of hydrogen-bond acceptors (Lipinski definition) is 17. The van der Waals surface area contributed by atoms with Gasteiger partial charge in [0.05, 0.1) is 39.6 Å². The smallest absolute Gasteiger partial charge is 0.328 e. The minimum absolute atomic E-state index is 0.00193. The van der Waals surface area contributed by atoms with Gasteiger partial charge in [0.1, 0.15) is 30.2 Å². The molecule has 0 aromatic heterocycles. The van der Waals surface area contributed by atoms with Crippen LogP contribution in [0.3, 0.4) is 0 Å². The van der Waals surface area contributed by atoms with E-state index in [9.17, 15) is 47.9 Å². The summed E-state index contributed by atoms with van der Waals surface area (Å²) in [7, 11) is 0. The van der Waals surface area contributed by atoms with E-state index in [1.165, 1.54) is 0 Å². The molecule has 0 unspecified atom stereocenters. The predicted molar refractivity (Wildman–Crippen MR) is 257 cm³/mol. The molecule has 21 heteroatoms. The molecule has 0 rings (SSSR count). The van der Waals surface area contributed by atoms with Crippen molar-refractivity contribution >= 4 is 59.4 Å². The average Bonchev–Trinajstić information content (AvgIpc) is 3.28. The fraction of sp³-hybridized carbons (Fsp3) is 0.796. The molecule has 0 spiro atoms. The van der Waals surface area contributed by atoms with Crippen LogP contribution < -0.4 is 27.0 Å². The summed E-state index contributed by atoms with van der Waals surface area (Å²) < 4.78 is 31.8. The molecule has 0 saturated carbocycles. The van der Waals surface area contributed by atoms with Crippen LogP contribution in [0.2, 0.25) is 0 Å². The van der Waals surface area contributed by atoms with E-state index >= 15 is 0 Å². The Morgan fingerprint density at radius 2 is 0.529 bits per heavy atom. The van der Waals surface area contributed by atoms with Gasteiger partial charge in [-0.25, -0.2) is 19.2 Å². The van der Waals surface area contributed by atoms with Gasteiger partial charge in [0.25, 0.3) is 0 Å². The second-order valence-electron chi connectivity index (χ2n) is 20.0. The van der Waals surface area contributed by atoms with Gasteiger partial charge in [-0.1, -0.05) is 83.1 Å². The van der Waals surface area contributed by atoms with Crippen LogP contribution in [0.25, 0.3) is 0 Å². The second kappa shape index (κ2) is 35.7. The minimum Gasteiger partial charge on any atom is -0.465 e. The van der Waals surface area contributed by atoms with Crippen molar-refractivity contribution in [1.29, 1.82) is 0 Å². The maximum Gasteiger partial charge on any atom is 0.328 e. The maximum absolute atomic E-state index is 13.4. The first-order chi connectivity index (χ1) is 32.7.